The molecule has 1 N–H and O–H groups in total. The Labute approximate surface area is 194 Å². The van der Waals surface area contributed by atoms with Gasteiger partial charge >= 0.3 is 17.6 Å². The van der Waals surface area contributed by atoms with E-state index in [1.807, 2.05) is 13.8 Å². The number of aryl methyl sites for hydroxylation is 2. The molecule has 0 spiro atoms. The smallest absolute Gasteiger partial charge is 0.338 e. The lowest BCUT2D eigenvalue weighted by Gasteiger charge is -2.19. The Hall–Kier alpha value is -3.98. The summed E-state index contributed by atoms with van der Waals surface area (Å²) in [6.45, 7) is 3.63. The first kappa shape index (κ1) is 23.2. The first-order valence-electron chi connectivity index (χ1n) is 10.8. The lowest BCUT2D eigenvalue weighted by Crippen LogP contribution is -2.32. The van der Waals surface area contributed by atoms with Crippen LogP contribution in [0.3, 0.4) is 0 Å². The molecule has 4 rings (SSSR count). The van der Waals surface area contributed by atoms with Crippen LogP contribution in [0.2, 0.25) is 0 Å². The maximum Gasteiger partial charge on any atom is 0.338 e. The first-order chi connectivity index (χ1) is 16.3. The summed E-state index contributed by atoms with van der Waals surface area (Å²) < 4.78 is 18.2. The van der Waals surface area contributed by atoms with Crippen LogP contribution in [0.15, 0.2) is 70.4 Å². The van der Waals surface area contributed by atoms with Crippen LogP contribution in [-0.2, 0) is 14.2 Å². The van der Waals surface area contributed by atoms with Crippen LogP contribution in [-0.4, -0.2) is 40.3 Å². The van der Waals surface area contributed by atoms with Crippen molar-refractivity contribution in [3.8, 4) is 0 Å². The molecule has 0 radical (unpaired) electrons. The van der Waals surface area contributed by atoms with Crippen LogP contribution in [0.5, 0.6) is 0 Å². The predicted molar refractivity (Wildman–Crippen MR) is 122 cm³/mol. The minimum absolute atomic E-state index is 0.135. The van der Waals surface area contributed by atoms with Gasteiger partial charge in [0.15, 0.2) is 0 Å². The van der Waals surface area contributed by atoms with Gasteiger partial charge in [0, 0.05) is 18.7 Å². The van der Waals surface area contributed by atoms with E-state index >= 15 is 0 Å². The van der Waals surface area contributed by atoms with E-state index < -0.39 is 41.6 Å². The van der Waals surface area contributed by atoms with Crippen LogP contribution >= 0.6 is 0 Å². The summed E-state index contributed by atoms with van der Waals surface area (Å²) in [5, 5.41) is 0. The third-order valence-corrected chi connectivity index (χ3v) is 5.55. The summed E-state index contributed by atoms with van der Waals surface area (Å²) in [5.74, 6) is -1.10. The van der Waals surface area contributed by atoms with Crippen molar-refractivity contribution >= 4 is 11.9 Å². The molecule has 3 atom stereocenters. The van der Waals surface area contributed by atoms with Crippen molar-refractivity contribution in [2.75, 3.05) is 6.61 Å². The molecule has 1 fully saturated rings. The van der Waals surface area contributed by atoms with Gasteiger partial charge in [-0.3, -0.25) is 14.3 Å². The van der Waals surface area contributed by atoms with Gasteiger partial charge in [0.2, 0.25) is 0 Å². The number of hydrogen-bond acceptors (Lipinski definition) is 7. The molecule has 0 bridgehead atoms. The zero-order valence-corrected chi connectivity index (χ0v) is 18.7. The fraction of sp³-hybridized carbons (Fsp3) is 0.280. The number of aromatic amines is 1. The summed E-state index contributed by atoms with van der Waals surface area (Å²) in [6.07, 6.45) is -0.971. The van der Waals surface area contributed by atoms with E-state index in [0.29, 0.717) is 11.1 Å². The van der Waals surface area contributed by atoms with Crippen LogP contribution in [0, 0.1) is 13.8 Å². The maximum atomic E-state index is 12.7. The molecule has 1 saturated heterocycles. The third-order valence-electron chi connectivity index (χ3n) is 5.55. The van der Waals surface area contributed by atoms with Crippen molar-refractivity contribution in [3.05, 3.63) is 104 Å². The zero-order valence-electron chi connectivity index (χ0n) is 18.7. The molecule has 0 amide bonds. The minimum Gasteiger partial charge on any atom is -0.459 e. The topological polar surface area (TPSA) is 117 Å². The Bertz CT molecular complexity index is 1290. The zero-order chi connectivity index (χ0) is 24.2. The van der Waals surface area contributed by atoms with Crippen LogP contribution in [0.1, 0.15) is 44.5 Å². The molecule has 34 heavy (non-hydrogen) atoms. The molecule has 176 valence electrons. The molecule has 3 aromatic rings. The van der Waals surface area contributed by atoms with E-state index in [1.54, 1.807) is 48.5 Å². The SMILES string of the molecule is Cc1ccc(C(=O)OC[C@@H]2O[C@H](n3ccc(=O)[nH]c3=O)C[C@H]2OC(=O)c2ccc(C)cc2)cc1. The number of rotatable bonds is 6. The van der Waals surface area contributed by atoms with Crippen LogP contribution in [0.4, 0.5) is 0 Å². The molecular weight excluding hydrogens is 440 g/mol. The molecular formula is C25H24N2O7. The second-order valence-electron chi connectivity index (χ2n) is 8.16. The number of carbonyl (C=O) groups excluding carboxylic acids is 2. The monoisotopic (exact) mass is 464 g/mol. The number of nitrogens with zero attached hydrogens (tertiary/aromatic N) is 1. The average Bonchev–Trinajstić information content (AvgIpc) is 3.20. The average molecular weight is 464 g/mol. The van der Waals surface area contributed by atoms with Crippen molar-refractivity contribution in [1.29, 1.82) is 0 Å². The van der Waals surface area contributed by atoms with E-state index in [4.69, 9.17) is 14.2 Å². The quantitative estimate of drug-likeness (QED) is 0.557. The van der Waals surface area contributed by atoms with E-state index in [0.717, 1.165) is 11.1 Å². The number of esters is 2. The minimum atomic E-state index is -0.816. The van der Waals surface area contributed by atoms with E-state index in [9.17, 15) is 19.2 Å². The standard InChI is InChI=1S/C25H24N2O7/c1-15-3-7-17(8-4-15)23(29)32-14-20-19(34-24(30)18-9-5-16(2)6-10-18)13-22(33-20)27-12-11-21(28)26-25(27)31/h3-12,19-20,22H,13-14H2,1-2H3,(H,26,28,31)/t19-,20+,22+/m1/s1. The van der Waals surface area contributed by atoms with E-state index in [2.05, 4.69) is 4.98 Å². The lowest BCUT2D eigenvalue weighted by atomic mass is 10.1. The molecule has 1 aromatic heterocycles. The highest BCUT2D eigenvalue weighted by Gasteiger charge is 2.40. The summed E-state index contributed by atoms with van der Waals surface area (Å²) in [4.78, 5) is 51.0. The lowest BCUT2D eigenvalue weighted by molar-refractivity contribution is -0.0582. The Balaban J connectivity index is 1.51. The van der Waals surface area contributed by atoms with Gasteiger partial charge < -0.3 is 14.2 Å². The van der Waals surface area contributed by atoms with Gasteiger partial charge in [-0.15, -0.1) is 0 Å². The van der Waals surface area contributed by atoms with Gasteiger partial charge in [0.25, 0.3) is 5.56 Å². The highest BCUT2D eigenvalue weighted by Crippen LogP contribution is 2.31. The summed E-state index contributed by atoms with van der Waals surface area (Å²) in [6, 6.07) is 15.0. The summed E-state index contributed by atoms with van der Waals surface area (Å²) in [7, 11) is 0. The van der Waals surface area contributed by atoms with Gasteiger partial charge in [0.1, 0.15) is 25.0 Å². The van der Waals surface area contributed by atoms with Crippen molar-refractivity contribution in [1.82, 2.24) is 9.55 Å². The largest absolute Gasteiger partial charge is 0.459 e. The highest BCUT2D eigenvalue weighted by molar-refractivity contribution is 5.90. The van der Waals surface area contributed by atoms with E-state index in [1.165, 1.54) is 16.8 Å². The third kappa shape index (κ3) is 5.32. The molecule has 1 aliphatic rings. The number of benzene rings is 2. The number of carbonyl (C=O) groups is 2. The molecule has 2 heterocycles. The first-order valence-corrected chi connectivity index (χ1v) is 10.8. The number of ether oxygens (including phenoxy) is 3. The van der Waals surface area contributed by atoms with Gasteiger partial charge in [0.05, 0.1) is 11.1 Å². The number of nitrogens with one attached hydrogen (secondary N) is 1. The molecule has 0 unspecified atom stereocenters. The Morgan fingerprint density at radius 3 is 2.12 bits per heavy atom. The maximum absolute atomic E-state index is 12.7. The Kier molecular flexibility index (Phi) is 6.74. The van der Waals surface area contributed by atoms with Gasteiger partial charge in [-0.05, 0) is 38.1 Å². The van der Waals surface area contributed by atoms with Crippen LogP contribution < -0.4 is 11.2 Å². The second kappa shape index (κ2) is 9.88. The number of aromatic nitrogens is 2. The fourth-order valence-electron chi connectivity index (χ4n) is 3.63. The van der Waals surface area contributed by atoms with Crippen molar-refractivity contribution in [2.24, 2.45) is 0 Å². The van der Waals surface area contributed by atoms with Crippen molar-refractivity contribution in [2.45, 2.75) is 38.7 Å². The Morgan fingerprint density at radius 2 is 1.53 bits per heavy atom. The molecule has 2 aromatic carbocycles. The van der Waals surface area contributed by atoms with Crippen molar-refractivity contribution < 1.29 is 23.8 Å². The normalized spacial score (nSPS) is 19.5. The highest BCUT2D eigenvalue weighted by atomic mass is 16.6. The molecule has 0 aliphatic carbocycles. The molecule has 0 saturated carbocycles. The van der Waals surface area contributed by atoms with Crippen molar-refractivity contribution in [3.63, 3.8) is 0 Å². The number of hydrogen-bond donors (Lipinski definition) is 1. The van der Waals surface area contributed by atoms with E-state index in [-0.39, 0.29) is 13.0 Å². The summed E-state index contributed by atoms with van der Waals surface area (Å²) in [5.41, 5.74) is 1.56. The molecule has 9 nitrogen and oxygen atoms in total. The predicted octanol–water partition coefficient (Wildman–Crippen LogP) is 2.52. The second-order valence-corrected chi connectivity index (χ2v) is 8.16. The fourth-order valence-corrected chi connectivity index (χ4v) is 3.63. The summed E-state index contributed by atoms with van der Waals surface area (Å²) >= 11 is 0. The Morgan fingerprint density at radius 1 is 0.941 bits per heavy atom. The van der Waals surface area contributed by atoms with Gasteiger partial charge in [-0.1, -0.05) is 35.4 Å². The van der Waals surface area contributed by atoms with Gasteiger partial charge in [-0.25, -0.2) is 14.4 Å². The number of H-pyrrole nitrogens is 1. The van der Waals surface area contributed by atoms with Gasteiger partial charge in [-0.2, -0.15) is 0 Å². The molecule has 9 heteroatoms. The molecule has 1 aliphatic heterocycles. The van der Waals surface area contributed by atoms with Crippen LogP contribution in [0.25, 0.3) is 0 Å².